The number of carbonyl (C=O) groups excluding carboxylic acids is 1. The summed E-state index contributed by atoms with van der Waals surface area (Å²) in [4.78, 5) is 12.1. The van der Waals surface area contributed by atoms with E-state index in [-0.39, 0.29) is 11.9 Å². The van der Waals surface area contributed by atoms with Crippen LogP contribution >= 0.6 is 0 Å². The standard InChI is InChI=1S/C16H24O3/c1-6-8-14(16(17)19-7-2)13-10-9-11(3)12(4)15(13)18-5/h9-10,14H,6-8H2,1-5H3. The van der Waals surface area contributed by atoms with Crippen LogP contribution in [0.15, 0.2) is 12.1 Å². The van der Waals surface area contributed by atoms with Gasteiger partial charge in [-0.1, -0.05) is 25.5 Å². The number of esters is 1. The van der Waals surface area contributed by atoms with E-state index >= 15 is 0 Å². The number of carbonyl (C=O) groups is 1. The summed E-state index contributed by atoms with van der Waals surface area (Å²) < 4.78 is 10.7. The van der Waals surface area contributed by atoms with E-state index in [2.05, 4.69) is 6.92 Å². The molecule has 0 aliphatic heterocycles. The molecule has 3 nitrogen and oxygen atoms in total. The fourth-order valence-corrected chi connectivity index (χ4v) is 2.29. The molecule has 106 valence electrons. The maximum atomic E-state index is 12.1. The molecule has 0 aliphatic rings. The molecule has 19 heavy (non-hydrogen) atoms. The summed E-state index contributed by atoms with van der Waals surface area (Å²) in [6.07, 6.45) is 1.71. The lowest BCUT2D eigenvalue weighted by atomic mass is 9.91. The Morgan fingerprint density at radius 1 is 1.26 bits per heavy atom. The highest BCUT2D eigenvalue weighted by atomic mass is 16.5. The van der Waals surface area contributed by atoms with Crippen molar-refractivity contribution in [2.45, 2.75) is 46.5 Å². The minimum absolute atomic E-state index is 0.161. The first-order valence-corrected chi connectivity index (χ1v) is 6.87. The van der Waals surface area contributed by atoms with Gasteiger partial charge in [0.2, 0.25) is 0 Å². The average Bonchev–Trinajstić information content (AvgIpc) is 2.39. The SMILES string of the molecule is CCCC(C(=O)OCC)c1ccc(C)c(C)c1OC. The fourth-order valence-electron chi connectivity index (χ4n) is 2.29. The van der Waals surface area contributed by atoms with Gasteiger partial charge in [-0.05, 0) is 38.3 Å². The van der Waals surface area contributed by atoms with Gasteiger partial charge in [0.1, 0.15) is 5.75 Å². The molecule has 0 bridgehead atoms. The van der Waals surface area contributed by atoms with Gasteiger partial charge in [-0.3, -0.25) is 4.79 Å². The van der Waals surface area contributed by atoms with Gasteiger partial charge in [0.15, 0.2) is 0 Å². The summed E-state index contributed by atoms with van der Waals surface area (Å²) in [6.45, 7) is 8.37. The molecule has 1 rings (SSSR count). The van der Waals surface area contributed by atoms with Crippen LogP contribution in [0.25, 0.3) is 0 Å². The van der Waals surface area contributed by atoms with Gasteiger partial charge in [0.05, 0.1) is 19.6 Å². The highest BCUT2D eigenvalue weighted by Crippen LogP contribution is 2.34. The van der Waals surface area contributed by atoms with Crippen LogP contribution in [0.5, 0.6) is 5.75 Å². The molecular formula is C16H24O3. The number of hydrogen-bond acceptors (Lipinski definition) is 3. The number of ether oxygens (including phenoxy) is 2. The van der Waals surface area contributed by atoms with Crippen LogP contribution < -0.4 is 4.74 Å². The Kier molecular flexibility index (Phi) is 5.87. The monoisotopic (exact) mass is 264 g/mol. The van der Waals surface area contributed by atoms with Crippen molar-refractivity contribution in [3.8, 4) is 5.75 Å². The van der Waals surface area contributed by atoms with Gasteiger partial charge < -0.3 is 9.47 Å². The zero-order valence-corrected chi connectivity index (χ0v) is 12.6. The number of rotatable bonds is 6. The largest absolute Gasteiger partial charge is 0.496 e. The number of benzene rings is 1. The van der Waals surface area contributed by atoms with Crippen molar-refractivity contribution in [2.75, 3.05) is 13.7 Å². The first-order chi connectivity index (χ1) is 9.06. The second-order valence-electron chi connectivity index (χ2n) is 4.72. The Morgan fingerprint density at radius 3 is 2.47 bits per heavy atom. The molecule has 0 radical (unpaired) electrons. The number of hydrogen-bond donors (Lipinski definition) is 0. The first kappa shape index (κ1) is 15.5. The van der Waals surface area contributed by atoms with Crippen molar-refractivity contribution >= 4 is 5.97 Å². The van der Waals surface area contributed by atoms with Crippen molar-refractivity contribution in [3.05, 3.63) is 28.8 Å². The highest BCUT2D eigenvalue weighted by molar-refractivity contribution is 5.79. The summed E-state index contributed by atoms with van der Waals surface area (Å²) in [5.41, 5.74) is 3.19. The van der Waals surface area contributed by atoms with Gasteiger partial charge in [0.25, 0.3) is 0 Å². The van der Waals surface area contributed by atoms with E-state index < -0.39 is 0 Å². The molecule has 3 heteroatoms. The summed E-state index contributed by atoms with van der Waals surface area (Å²) in [7, 11) is 1.65. The smallest absolute Gasteiger partial charge is 0.313 e. The average molecular weight is 264 g/mol. The van der Waals surface area contributed by atoms with Gasteiger partial charge in [-0.25, -0.2) is 0 Å². The van der Waals surface area contributed by atoms with Crippen molar-refractivity contribution in [1.82, 2.24) is 0 Å². The van der Waals surface area contributed by atoms with E-state index in [4.69, 9.17) is 9.47 Å². The summed E-state index contributed by atoms with van der Waals surface area (Å²) in [6, 6.07) is 4.02. The molecule has 0 saturated carbocycles. The van der Waals surface area contributed by atoms with E-state index in [1.807, 2.05) is 32.9 Å². The molecule has 1 aromatic rings. The molecular weight excluding hydrogens is 240 g/mol. The molecule has 0 aliphatic carbocycles. The summed E-state index contributed by atoms with van der Waals surface area (Å²) >= 11 is 0. The van der Waals surface area contributed by atoms with E-state index in [9.17, 15) is 4.79 Å². The van der Waals surface area contributed by atoms with Crippen LogP contribution in [0.4, 0.5) is 0 Å². The molecule has 0 N–H and O–H groups in total. The number of methoxy groups -OCH3 is 1. The quantitative estimate of drug-likeness (QED) is 0.734. The van der Waals surface area contributed by atoms with Crippen molar-refractivity contribution < 1.29 is 14.3 Å². The van der Waals surface area contributed by atoms with E-state index in [1.54, 1.807) is 7.11 Å². The molecule has 0 spiro atoms. The van der Waals surface area contributed by atoms with Crippen molar-refractivity contribution in [3.63, 3.8) is 0 Å². The van der Waals surface area contributed by atoms with Gasteiger partial charge in [0, 0.05) is 5.56 Å². The predicted molar refractivity (Wildman–Crippen MR) is 76.8 cm³/mol. The minimum atomic E-state index is -0.237. The van der Waals surface area contributed by atoms with Crippen molar-refractivity contribution in [2.24, 2.45) is 0 Å². The fraction of sp³-hybridized carbons (Fsp3) is 0.562. The van der Waals surface area contributed by atoms with E-state index in [0.717, 1.165) is 29.7 Å². The zero-order valence-electron chi connectivity index (χ0n) is 12.6. The molecule has 1 atom stereocenters. The highest BCUT2D eigenvalue weighted by Gasteiger charge is 2.25. The third-order valence-electron chi connectivity index (χ3n) is 3.44. The summed E-state index contributed by atoms with van der Waals surface area (Å²) in [5.74, 6) is 0.414. The Hall–Kier alpha value is -1.51. The van der Waals surface area contributed by atoms with Crippen LogP contribution in [0.1, 0.15) is 49.3 Å². The third kappa shape index (κ3) is 3.49. The lowest BCUT2D eigenvalue weighted by molar-refractivity contribution is -0.145. The second kappa shape index (κ2) is 7.17. The minimum Gasteiger partial charge on any atom is -0.496 e. The Morgan fingerprint density at radius 2 is 1.95 bits per heavy atom. The van der Waals surface area contributed by atoms with Crippen LogP contribution in [-0.4, -0.2) is 19.7 Å². The maximum Gasteiger partial charge on any atom is 0.313 e. The van der Waals surface area contributed by atoms with Crippen LogP contribution in [0.2, 0.25) is 0 Å². The topological polar surface area (TPSA) is 35.5 Å². The Balaban J connectivity index is 3.22. The molecule has 1 unspecified atom stereocenters. The lowest BCUT2D eigenvalue weighted by Gasteiger charge is -2.20. The Labute approximate surface area is 115 Å². The maximum absolute atomic E-state index is 12.1. The Bertz CT molecular complexity index is 438. The van der Waals surface area contributed by atoms with Crippen LogP contribution in [0.3, 0.4) is 0 Å². The predicted octanol–water partition coefficient (Wildman–Crippen LogP) is 3.76. The molecule has 0 heterocycles. The van der Waals surface area contributed by atoms with Crippen molar-refractivity contribution in [1.29, 1.82) is 0 Å². The second-order valence-corrected chi connectivity index (χ2v) is 4.72. The molecule has 0 aromatic heterocycles. The molecule has 0 fully saturated rings. The third-order valence-corrected chi connectivity index (χ3v) is 3.44. The summed E-state index contributed by atoms with van der Waals surface area (Å²) in [5, 5.41) is 0. The van der Waals surface area contributed by atoms with Gasteiger partial charge in [-0.15, -0.1) is 0 Å². The zero-order chi connectivity index (χ0) is 14.4. The van der Waals surface area contributed by atoms with E-state index in [1.165, 1.54) is 5.56 Å². The molecule has 0 amide bonds. The van der Waals surface area contributed by atoms with Crippen LogP contribution in [0, 0.1) is 13.8 Å². The lowest BCUT2D eigenvalue weighted by Crippen LogP contribution is -2.17. The van der Waals surface area contributed by atoms with E-state index in [0.29, 0.717) is 6.61 Å². The number of aryl methyl sites for hydroxylation is 1. The van der Waals surface area contributed by atoms with Gasteiger partial charge >= 0.3 is 5.97 Å². The van der Waals surface area contributed by atoms with Gasteiger partial charge in [-0.2, -0.15) is 0 Å². The molecule has 1 aromatic carbocycles. The normalized spacial score (nSPS) is 12.1. The molecule has 0 saturated heterocycles. The first-order valence-electron chi connectivity index (χ1n) is 6.87. The van der Waals surface area contributed by atoms with Crippen LogP contribution in [-0.2, 0) is 9.53 Å².